The quantitative estimate of drug-likeness (QED) is 0.217. The van der Waals surface area contributed by atoms with Gasteiger partial charge in [-0.15, -0.1) is 0 Å². The van der Waals surface area contributed by atoms with Gasteiger partial charge in [0.1, 0.15) is 23.9 Å². The summed E-state index contributed by atoms with van der Waals surface area (Å²) in [6, 6.07) is 11.7. The molecule has 1 aliphatic rings. The molecular formula is C26H22BrFN2O7. The summed E-state index contributed by atoms with van der Waals surface area (Å²) in [5.74, 6) is -0.560. The standard InChI is InChI=1S/C26H22BrFN2O7/c1-3-35-22-11-16(19(27)12-23(22)36-14-15-5-4-6-17(28)9-15)10-20-24(31)30(26(33)29-20)13-18-7-8-21(37-18)25(32)34-2/h4-12H,3,13-14H2,1-2H3,(H,29,33)/b20-10-. The largest absolute Gasteiger partial charge is 0.490 e. The van der Waals surface area contributed by atoms with Crippen LogP contribution in [0.15, 0.2) is 63.1 Å². The van der Waals surface area contributed by atoms with Crippen LogP contribution in [0, 0.1) is 5.82 Å². The molecule has 3 amide bonds. The number of methoxy groups -OCH3 is 1. The highest BCUT2D eigenvalue weighted by Gasteiger charge is 2.34. The summed E-state index contributed by atoms with van der Waals surface area (Å²) >= 11 is 3.47. The van der Waals surface area contributed by atoms with E-state index in [1.165, 1.54) is 37.5 Å². The van der Waals surface area contributed by atoms with Crippen LogP contribution in [-0.4, -0.2) is 36.5 Å². The van der Waals surface area contributed by atoms with Crippen LogP contribution in [0.3, 0.4) is 0 Å². The van der Waals surface area contributed by atoms with E-state index in [4.69, 9.17) is 13.9 Å². The predicted octanol–water partition coefficient (Wildman–Crippen LogP) is 5.04. The Hall–Kier alpha value is -4.12. The first-order valence-corrected chi connectivity index (χ1v) is 11.9. The van der Waals surface area contributed by atoms with E-state index in [9.17, 15) is 18.8 Å². The van der Waals surface area contributed by atoms with Crippen LogP contribution in [0.4, 0.5) is 9.18 Å². The molecule has 0 atom stereocenters. The van der Waals surface area contributed by atoms with Crippen LogP contribution in [0.1, 0.15) is 34.4 Å². The fraction of sp³-hybridized carbons (Fsp3) is 0.192. The Morgan fingerprint density at radius 2 is 1.92 bits per heavy atom. The van der Waals surface area contributed by atoms with E-state index in [0.717, 1.165) is 4.90 Å². The molecule has 0 bridgehead atoms. The zero-order valence-corrected chi connectivity index (χ0v) is 21.5. The number of nitrogens with zero attached hydrogens (tertiary/aromatic N) is 1. The molecule has 4 rings (SSSR count). The van der Waals surface area contributed by atoms with Gasteiger partial charge >= 0.3 is 12.0 Å². The average molecular weight is 573 g/mol. The Morgan fingerprint density at radius 3 is 2.65 bits per heavy atom. The molecule has 0 radical (unpaired) electrons. The molecular weight excluding hydrogens is 551 g/mol. The minimum atomic E-state index is -0.664. The summed E-state index contributed by atoms with van der Waals surface area (Å²) in [4.78, 5) is 38.0. The molecule has 37 heavy (non-hydrogen) atoms. The van der Waals surface area contributed by atoms with Crippen molar-refractivity contribution in [2.24, 2.45) is 0 Å². The SMILES string of the molecule is CCOc1cc(/C=C2\NC(=O)N(Cc3ccc(C(=O)OC)o3)C2=O)c(Br)cc1OCc1cccc(F)c1. The minimum absolute atomic E-state index is 0.0348. The number of furan rings is 1. The van der Waals surface area contributed by atoms with Gasteiger partial charge in [0, 0.05) is 4.47 Å². The molecule has 2 aromatic carbocycles. The zero-order chi connectivity index (χ0) is 26.5. The second-order valence-electron chi connectivity index (χ2n) is 7.81. The molecule has 1 saturated heterocycles. The number of rotatable bonds is 9. The van der Waals surface area contributed by atoms with Gasteiger partial charge in [-0.3, -0.25) is 9.69 Å². The summed E-state index contributed by atoms with van der Waals surface area (Å²) < 4.78 is 35.6. The highest BCUT2D eigenvalue weighted by Crippen LogP contribution is 2.36. The van der Waals surface area contributed by atoms with Crippen LogP contribution in [-0.2, 0) is 22.7 Å². The van der Waals surface area contributed by atoms with Gasteiger partial charge in [0.05, 0.1) is 20.3 Å². The monoisotopic (exact) mass is 572 g/mol. The second-order valence-corrected chi connectivity index (χ2v) is 8.66. The number of hydrogen-bond acceptors (Lipinski definition) is 7. The first-order chi connectivity index (χ1) is 17.8. The van der Waals surface area contributed by atoms with Crippen LogP contribution < -0.4 is 14.8 Å². The molecule has 0 aliphatic carbocycles. The smallest absolute Gasteiger partial charge is 0.373 e. The zero-order valence-electron chi connectivity index (χ0n) is 19.9. The van der Waals surface area contributed by atoms with E-state index in [1.54, 1.807) is 24.3 Å². The third-order valence-electron chi connectivity index (χ3n) is 5.27. The molecule has 1 N–H and O–H groups in total. The van der Waals surface area contributed by atoms with Crippen LogP contribution in [0.25, 0.3) is 6.08 Å². The number of ether oxygens (including phenoxy) is 3. The van der Waals surface area contributed by atoms with Gasteiger partial charge in [-0.25, -0.2) is 14.0 Å². The molecule has 0 unspecified atom stereocenters. The van der Waals surface area contributed by atoms with Crippen LogP contribution in [0.2, 0.25) is 0 Å². The minimum Gasteiger partial charge on any atom is -0.490 e. The summed E-state index contributed by atoms with van der Waals surface area (Å²) in [5.41, 5.74) is 1.25. The number of esters is 1. The lowest BCUT2D eigenvalue weighted by Gasteiger charge is -2.14. The Morgan fingerprint density at radius 1 is 1.14 bits per heavy atom. The molecule has 0 saturated carbocycles. The van der Waals surface area contributed by atoms with E-state index in [2.05, 4.69) is 26.0 Å². The summed E-state index contributed by atoms with van der Waals surface area (Å²) in [5, 5.41) is 2.55. The van der Waals surface area contributed by atoms with E-state index >= 15 is 0 Å². The van der Waals surface area contributed by atoms with Crippen LogP contribution in [0.5, 0.6) is 11.5 Å². The molecule has 9 nitrogen and oxygen atoms in total. The van der Waals surface area contributed by atoms with E-state index in [0.29, 0.717) is 33.7 Å². The Balaban J connectivity index is 1.53. The number of nitrogens with one attached hydrogen (secondary N) is 1. The number of benzene rings is 2. The maximum atomic E-state index is 13.5. The second kappa shape index (κ2) is 11.3. The first kappa shape index (κ1) is 26.0. The summed E-state index contributed by atoms with van der Waals surface area (Å²) in [6.45, 7) is 2.12. The normalized spacial score (nSPS) is 14.2. The summed E-state index contributed by atoms with van der Waals surface area (Å²) in [6.07, 6.45) is 1.51. The highest BCUT2D eigenvalue weighted by molar-refractivity contribution is 9.10. The van der Waals surface area contributed by atoms with Crippen molar-refractivity contribution < 1.29 is 37.4 Å². The van der Waals surface area contributed by atoms with Gasteiger partial charge in [-0.05, 0) is 60.5 Å². The van der Waals surface area contributed by atoms with Crippen molar-refractivity contribution in [2.75, 3.05) is 13.7 Å². The fourth-order valence-electron chi connectivity index (χ4n) is 3.53. The number of imide groups is 1. The third-order valence-corrected chi connectivity index (χ3v) is 5.96. The Kier molecular flexibility index (Phi) is 7.92. The van der Waals surface area contributed by atoms with E-state index in [-0.39, 0.29) is 36.2 Å². The number of carbonyl (C=O) groups is 3. The molecule has 1 aliphatic heterocycles. The van der Waals surface area contributed by atoms with Gasteiger partial charge in [0.2, 0.25) is 5.76 Å². The van der Waals surface area contributed by atoms with Crippen molar-refractivity contribution in [1.82, 2.24) is 10.2 Å². The molecule has 3 aromatic rings. The number of urea groups is 1. The lowest BCUT2D eigenvalue weighted by molar-refractivity contribution is -0.123. The average Bonchev–Trinajstić information content (AvgIpc) is 3.45. The third kappa shape index (κ3) is 6.00. The number of amides is 3. The van der Waals surface area contributed by atoms with Gasteiger partial charge in [-0.2, -0.15) is 0 Å². The first-order valence-electron chi connectivity index (χ1n) is 11.1. The van der Waals surface area contributed by atoms with E-state index < -0.39 is 17.9 Å². The van der Waals surface area contributed by atoms with E-state index in [1.807, 2.05) is 6.92 Å². The van der Waals surface area contributed by atoms with Gasteiger partial charge < -0.3 is 23.9 Å². The van der Waals surface area contributed by atoms with Crippen molar-refractivity contribution in [1.29, 1.82) is 0 Å². The van der Waals surface area contributed by atoms with Crippen molar-refractivity contribution in [3.63, 3.8) is 0 Å². The van der Waals surface area contributed by atoms with Gasteiger partial charge in [0.15, 0.2) is 11.5 Å². The molecule has 11 heteroatoms. The Bertz CT molecular complexity index is 1380. The number of halogens is 2. The molecule has 0 spiro atoms. The molecule has 2 heterocycles. The number of hydrogen-bond donors (Lipinski definition) is 1. The van der Waals surface area contributed by atoms with Gasteiger partial charge in [0.25, 0.3) is 5.91 Å². The number of carbonyl (C=O) groups excluding carboxylic acids is 3. The molecule has 1 fully saturated rings. The predicted molar refractivity (Wildman–Crippen MR) is 133 cm³/mol. The van der Waals surface area contributed by atoms with Crippen molar-refractivity contribution in [3.05, 3.63) is 87.2 Å². The van der Waals surface area contributed by atoms with Crippen LogP contribution >= 0.6 is 15.9 Å². The molecule has 1 aromatic heterocycles. The van der Waals surface area contributed by atoms with Gasteiger partial charge in [-0.1, -0.05) is 28.1 Å². The maximum Gasteiger partial charge on any atom is 0.373 e. The maximum absolute atomic E-state index is 13.5. The summed E-state index contributed by atoms with van der Waals surface area (Å²) in [7, 11) is 1.22. The van der Waals surface area contributed by atoms with Crippen molar-refractivity contribution in [2.45, 2.75) is 20.1 Å². The topological polar surface area (TPSA) is 107 Å². The highest BCUT2D eigenvalue weighted by atomic mass is 79.9. The fourth-order valence-corrected chi connectivity index (χ4v) is 3.97. The lowest BCUT2D eigenvalue weighted by Crippen LogP contribution is -2.30. The lowest BCUT2D eigenvalue weighted by atomic mass is 10.1. The van der Waals surface area contributed by atoms with Crippen molar-refractivity contribution >= 4 is 39.9 Å². The van der Waals surface area contributed by atoms with Crippen molar-refractivity contribution in [3.8, 4) is 11.5 Å². The molecule has 192 valence electrons. The Labute approximate surface area is 219 Å².